The molecule has 1 rings (SSSR count). The molecule has 0 atom stereocenters. The van der Waals surface area contributed by atoms with Gasteiger partial charge in [0.05, 0.1) is 0 Å². The van der Waals surface area contributed by atoms with E-state index in [1.807, 2.05) is 25.4 Å². The van der Waals surface area contributed by atoms with Gasteiger partial charge in [-0.05, 0) is 44.1 Å². The smallest absolute Gasteiger partial charge is 0.116 e. The standard InChI is InChI=1S/C7H8NP/c1-6-3-9(5-8)4-7(6)2/h3-4H,1-2H3. The van der Waals surface area contributed by atoms with Gasteiger partial charge >= 0.3 is 0 Å². The molecule has 0 aromatic carbocycles. The first kappa shape index (κ1) is 6.39. The molecule has 0 radical (unpaired) electrons. The van der Waals surface area contributed by atoms with Crippen LogP contribution in [0.3, 0.4) is 0 Å². The minimum atomic E-state index is -0.540. The molecule has 0 aliphatic heterocycles. The van der Waals surface area contributed by atoms with Gasteiger partial charge in [0.15, 0.2) is 0 Å². The minimum Gasteiger partial charge on any atom is -0.188 e. The Morgan fingerprint density at radius 2 is 1.78 bits per heavy atom. The van der Waals surface area contributed by atoms with E-state index in [4.69, 9.17) is 5.26 Å². The third-order valence-corrected chi connectivity index (χ3v) is 2.96. The lowest BCUT2D eigenvalue weighted by Gasteiger charge is -1.80. The molecule has 0 saturated heterocycles. The molecule has 0 fully saturated rings. The summed E-state index contributed by atoms with van der Waals surface area (Å²) < 4.78 is 0. The van der Waals surface area contributed by atoms with Gasteiger partial charge in [-0.3, -0.25) is 0 Å². The average Bonchev–Trinajstić information content (AvgIpc) is 2.13. The van der Waals surface area contributed by atoms with Gasteiger partial charge in [0.2, 0.25) is 0 Å². The topological polar surface area (TPSA) is 23.8 Å². The summed E-state index contributed by atoms with van der Waals surface area (Å²) in [5, 5.41) is 8.49. The maximum atomic E-state index is 8.49. The molecule has 0 N–H and O–H groups in total. The maximum Gasteiger partial charge on any atom is 0.116 e. The molecule has 0 amide bonds. The number of nitriles is 1. The maximum absolute atomic E-state index is 8.49. The average molecular weight is 137 g/mol. The van der Waals surface area contributed by atoms with Gasteiger partial charge < -0.3 is 0 Å². The number of nitrogens with zero attached hydrogens (tertiary/aromatic N) is 1. The largest absolute Gasteiger partial charge is 0.188 e. The summed E-state index contributed by atoms with van der Waals surface area (Å²) in [4.78, 5) is 0. The second kappa shape index (κ2) is 2.25. The molecule has 0 bridgehead atoms. The molecule has 46 valence electrons. The fourth-order valence-corrected chi connectivity index (χ4v) is 2.15. The van der Waals surface area contributed by atoms with E-state index in [1.54, 1.807) is 0 Å². The summed E-state index contributed by atoms with van der Waals surface area (Å²) in [6.07, 6.45) is 0. The van der Waals surface area contributed by atoms with Crippen molar-refractivity contribution in [3.05, 3.63) is 22.7 Å². The summed E-state index contributed by atoms with van der Waals surface area (Å²) >= 11 is 0. The van der Waals surface area contributed by atoms with E-state index in [9.17, 15) is 0 Å². The number of hydrogen-bond donors (Lipinski definition) is 0. The van der Waals surface area contributed by atoms with E-state index in [0.717, 1.165) is 0 Å². The van der Waals surface area contributed by atoms with Crippen LogP contribution in [0.5, 0.6) is 0 Å². The highest BCUT2D eigenvalue weighted by Gasteiger charge is 1.95. The molecular formula is C7H8NP. The first-order chi connectivity index (χ1) is 4.24. The first-order valence-electron chi connectivity index (χ1n) is 2.79. The lowest BCUT2D eigenvalue weighted by Crippen LogP contribution is -1.63. The van der Waals surface area contributed by atoms with Crippen molar-refractivity contribution >= 4 is 7.53 Å². The fraction of sp³-hybridized carbons (Fsp3) is 0.286. The summed E-state index contributed by atoms with van der Waals surface area (Å²) in [6.45, 7) is 4.09. The van der Waals surface area contributed by atoms with Crippen molar-refractivity contribution in [1.82, 2.24) is 0 Å². The van der Waals surface area contributed by atoms with Gasteiger partial charge in [-0.15, -0.1) is 0 Å². The van der Waals surface area contributed by atoms with Crippen LogP contribution in [0.25, 0.3) is 0 Å². The van der Waals surface area contributed by atoms with Crippen LogP contribution < -0.4 is 0 Å². The van der Waals surface area contributed by atoms with Crippen molar-refractivity contribution in [2.24, 2.45) is 0 Å². The predicted molar refractivity (Wildman–Crippen MR) is 39.6 cm³/mol. The third-order valence-electron chi connectivity index (χ3n) is 1.40. The number of rotatable bonds is 0. The molecule has 1 nitrogen and oxygen atoms in total. The van der Waals surface area contributed by atoms with Crippen molar-refractivity contribution < 1.29 is 0 Å². The van der Waals surface area contributed by atoms with Crippen LogP contribution in [0.4, 0.5) is 0 Å². The molecular weight excluding hydrogens is 129 g/mol. The first-order valence-corrected chi connectivity index (χ1v) is 4.27. The third kappa shape index (κ3) is 1.15. The second-order valence-electron chi connectivity index (χ2n) is 2.13. The highest BCUT2D eigenvalue weighted by atomic mass is 31.1. The molecule has 1 aromatic rings. The molecule has 1 heterocycles. The van der Waals surface area contributed by atoms with Crippen LogP contribution in [0, 0.1) is 24.9 Å². The highest BCUT2D eigenvalue weighted by molar-refractivity contribution is 7.54. The number of aryl methyl sites for hydroxylation is 2. The zero-order valence-corrected chi connectivity index (χ0v) is 6.44. The van der Waals surface area contributed by atoms with Crippen molar-refractivity contribution in [2.75, 3.05) is 0 Å². The summed E-state index contributed by atoms with van der Waals surface area (Å²) in [5.41, 5.74) is 2.53. The van der Waals surface area contributed by atoms with Crippen molar-refractivity contribution in [3.63, 3.8) is 0 Å². The van der Waals surface area contributed by atoms with Gasteiger partial charge in [0.25, 0.3) is 0 Å². The van der Waals surface area contributed by atoms with Gasteiger partial charge in [0, 0.05) is 0 Å². The Kier molecular flexibility index (Phi) is 1.60. The molecule has 1 aromatic heterocycles. The van der Waals surface area contributed by atoms with Crippen molar-refractivity contribution in [1.29, 1.82) is 5.26 Å². The van der Waals surface area contributed by atoms with Gasteiger partial charge in [-0.2, -0.15) is 5.26 Å². The van der Waals surface area contributed by atoms with E-state index >= 15 is 0 Å². The Morgan fingerprint density at radius 3 is 2.00 bits per heavy atom. The molecule has 0 spiro atoms. The van der Waals surface area contributed by atoms with Crippen molar-refractivity contribution in [2.45, 2.75) is 13.8 Å². The fourth-order valence-electron chi connectivity index (χ4n) is 0.716. The zero-order valence-electron chi connectivity index (χ0n) is 5.55. The Balaban J connectivity index is 3.16. The normalized spacial score (nSPS) is 9.00. The van der Waals surface area contributed by atoms with Crippen molar-refractivity contribution in [3.8, 4) is 5.81 Å². The quantitative estimate of drug-likeness (QED) is 0.539. The van der Waals surface area contributed by atoms with Crippen LogP contribution in [0.15, 0.2) is 11.6 Å². The van der Waals surface area contributed by atoms with Gasteiger partial charge in [0.1, 0.15) is 5.81 Å². The number of hydrogen-bond acceptors (Lipinski definition) is 1. The van der Waals surface area contributed by atoms with E-state index in [1.165, 1.54) is 11.1 Å². The van der Waals surface area contributed by atoms with Crippen LogP contribution in [0.1, 0.15) is 11.1 Å². The Morgan fingerprint density at radius 1 is 1.33 bits per heavy atom. The Labute approximate surface area is 56.0 Å². The monoisotopic (exact) mass is 137 g/mol. The molecule has 0 unspecified atom stereocenters. The zero-order chi connectivity index (χ0) is 6.85. The molecule has 9 heavy (non-hydrogen) atoms. The van der Waals surface area contributed by atoms with E-state index in [2.05, 4.69) is 5.81 Å². The van der Waals surface area contributed by atoms with E-state index < -0.39 is 7.53 Å². The Hall–Kier alpha value is -0.730. The van der Waals surface area contributed by atoms with E-state index in [-0.39, 0.29) is 0 Å². The lowest BCUT2D eigenvalue weighted by molar-refractivity contribution is 1.41. The van der Waals surface area contributed by atoms with Crippen LogP contribution >= 0.6 is 7.53 Å². The Bertz CT molecular complexity index is 235. The molecule has 0 aliphatic rings. The van der Waals surface area contributed by atoms with Gasteiger partial charge in [-0.25, -0.2) is 0 Å². The SMILES string of the molecule is Cc1cp(C#N)cc1C. The molecule has 0 aliphatic carbocycles. The summed E-state index contributed by atoms with van der Waals surface area (Å²) in [7, 11) is -0.540. The molecule has 2 heteroatoms. The predicted octanol–water partition coefficient (Wildman–Crippen LogP) is 2.62. The van der Waals surface area contributed by atoms with Gasteiger partial charge in [-0.1, -0.05) is 0 Å². The molecule has 0 saturated carbocycles. The van der Waals surface area contributed by atoms with E-state index in [0.29, 0.717) is 0 Å². The van der Waals surface area contributed by atoms with Crippen LogP contribution in [-0.2, 0) is 0 Å². The van der Waals surface area contributed by atoms with Crippen LogP contribution in [-0.4, -0.2) is 0 Å². The lowest BCUT2D eigenvalue weighted by atomic mass is 10.2. The summed E-state index contributed by atoms with van der Waals surface area (Å²) in [5.74, 6) is 6.33. The summed E-state index contributed by atoms with van der Waals surface area (Å²) in [6, 6.07) is 0. The minimum absolute atomic E-state index is 0.540. The second-order valence-corrected chi connectivity index (χ2v) is 3.66. The van der Waals surface area contributed by atoms with Crippen LogP contribution in [0.2, 0.25) is 0 Å². The highest BCUT2D eigenvalue weighted by Crippen LogP contribution is 2.30.